The van der Waals surface area contributed by atoms with E-state index < -0.39 is 0 Å². The highest BCUT2D eigenvalue weighted by molar-refractivity contribution is 5.83. The van der Waals surface area contributed by atoms with Gasteiger partial charge in [-0.05, 0) is 37.8 Å². The molecule has 7 heteroatoms. The van der Waals surface area contributed by atoms with Gasteiger partial charge >= 0.3 is 0 Å². The molecule has 2 saturated heterocycles. The number of hydrogen-bond donors (Lipinski definition) is 1. The molecule has 1 saturated carbocycles. The van der Waals surface area contributed by atoms with Crippen LogP contribution in [0.3, 0.4) is 0 Å². The first-order valence-electron chi connectivity index (χ1n) is 10.8. The molecule has 0 bridgehead atoms. The Hall–Kier alpha value is -2.02. The predicted octanol–water partition coefficient (Wildman–Crippen LogP) is 2.03. The Morgan fingerprint density at radius 1 is 1.11 bits per heavy atom. The summed E-state index contributed by atoms with van der Waals surface area (Å²) < 4.78 is 11.0. The zero-order valence-corrected chi connectivity index (χ0v) is 16.6. The van der Waals surface area contributed by atoms with Crippen molar-refractivity contribution in [2.24, 2.45) is 4.99 Å². The van der Waals surface area contributed by atoms with Gasteiger partial charge in [0.2, 0.25) is 0 Å². The van der Waals surface area contributed by atoms with Crippen molar-refractivity contribution in [3.8, 4) is 0 Å². The van der Waals surface area contributed by atoms with Gasteiger partial charge in [0.05, 0.1) is 6.26 Å². The highest BCUT2D eigenvalue weighted by atomic mass is 16.5. The van der Waals surface area contributed by atoms with E-state index in [2.05, 4.69) is 10.2 Å². The normalized spacial score (nSPS) is 24.1. The van der Waals surface area contributed by atoms with E-state index in [1.807, 2.05) is 17.0 Å². The Labute approximate surface area is 167 Å². The van der Waals surface area contributed by atoms with E-state index in [0.717, 1.165) is 57.2 Å². The second-order valence-electron chi connectivity index (χ2n) is 7.97. The number of ether oxygens (including phenoxy) is 1. The lowest BCUT2D eigenvalue weighted by Gasteiger charge is -2.38. The molecule has 1 aromatic heterocycles. The van der Waals surface area contributed by atoms with Crippen molar-refractivity contribution in [3.05, 3.63) is 24.2 Å². The van der Waals surface area contributed by atoms with Gasteiger partial charge in [-0.25, -0.2) is 0 Å². The maximum atomic E-state index is 12.6. The summed E-state index contributed by atoms with van der Waals surface area (Å²) in [6, 6.07) is 4.43. The van der Waals surface area contributed by atoms with Crippen LogP contribution < -0.4 is 5.32 Å². The topological polar surface area (TPSA) is 70.3 Å². The first-order valence-corrected chi connectivity index (χ1v) is 10.8. The first kappa shape index (κ1) is 19.3. The number of rotatable bonds is 5. The summed E-state index contributed by atoms with van der Waals surface area (Å²) in [6.07, 6.45) is 9.17. The molecule has 1 unspecified atom stereocenters. The van der Waals surface area contributed by atoms with E-state index in [1.54, 1.807) is 6.26 Å². The molecule has 2 aliphatic heterocycles. The second-order valence-corrected chi connectivity index (χ2v) is 7.97. The molecule has 3 heterocycles. The molecule has 28 heavy (non-hydrogen) atoms. The Morgan fingerprint density at radius 3 is 2.57 bits per heavy atom. The molecule has 3 fully saturated rings. The smallest absolute Gasteiger partial charge is 0.251 e. The van der Waals surface area contributed by atoms with Gasteiger partial charge in [0, 0.05) is 51.8 Å². The Balaban J connectivity index is 1.33. The molecule has 1 aromatic rings. The second kappa shape index (κ2) is 9.45. The zero-order chi connectivity index (χ0) is 19.2. The van der Waals surface area contributed by atoms with Crippen LogP contribution in [-0.4, -0.2) is 73.1 Å². The third-order valence-corrected chi connectivity index (χ3v) is 5.98. The number of carbonyl (C=O) groups excluding carboxylic acids is 1. The fraction of sp³-hybridized carbons (Fsp3) is 0.714. The average molecular weight is 389 g/mol. The number of nitrogens with zero attached hydrogens (tertiary/aromatic N) is 3. The third kappa shape index (κ3) is 4.87. The number of carbonyl (C=O) groups is 1. The van der Waals surface area contributed by atoms with Crippen molar-refractivity contribution >= 4 is 11.9 Å². The minimum Gasteiger partial charge on any atom is -0.469 e. The molecule has 0 spiro atoms. The van der Waals surface area contributed by atoms with Crippen molar-refractivity contribution in [1.29, 1.82) is 0 Å². The first-order chi connectivity index (χ1) is 13.8. The van der Waals surface area contributed by atoms with Crippen LogP contribution in [0.2, 0.25) is 0 Å². The van der Waals surface area contributed by atoms with Crippen LogP contribution in [0.5, 0.6) is 0 Å². The fourth-order valence-corrected chi connectivity index (χ4v) is 4.33. The van der Waals surface area contributed by atoms with Crippen LogP contribution in [0.4, 0.5) is 0 Å². The van der Waals surface area contributed by atoms with Gasteiger partial charge in [0.1, 0.15) is 11.9 Å². The van der Waals surface area contributed by atoms with Crippen molar-refractivity contribution in [2.75, 3.05) is 39.3 Å². The van der Waals surface area contributed by atoms with Crippen LogP contribution in [0.15, 0.2) is 27.8 Å². The predicted molar refractivity (Wildman–Crippen MR) is 107 cm³/mol. The molecular formula is C21H32N4O3. The van der Waals surface area contributed by atoms with E-state index >= 15 is 0 Å². The number of nitrogens with one attached hydrogen (secondary N) is 1. The SMILES string of the molecule is O=C(C1CCCO1)N1CCN(C(=NCCc2ccco2)NC2CCCC2)CC1. The van der Waals surface area contributed by atoms with Gasteiger partial charge < -0.3 is 24.3 Å². The van der Waals surface area contributed by atoms with Crippen molar-refractivity contribution in [1.82, 2.24) is 15.1 Å². The summed E-state index contributed by atoms with van der Waals surface area (Å²) in [5.74, 6) is 2.12. The molecule has 1 atom stereocenters. The average Bonchev–Trinajstić information content (AvgIpc) is 3.50. The van der Waals surface area contributed by atoms with E-state index in [1.165, 1.54) is 25.7 Å². The molecule has 0 radical (unpaired) electrons. The van der Waals surface area contributed by atoms with Crippen molar-refractivity contribution in [3.63, 3.8) is 0 Å². The molecule has 1 aliphatic carbocycles. The number of furan rings is 1. The van der Waals surface area contributed by atoms with Crippen LogP contribution in [-0.2, 0) is 16.0 Å². The molecule has 1 amide bonds. The van der Waals surface area contributed by atoms with E-state index in [0.29, 0.717) is 19.2 Å². The highest BCUT2D eigenvalue weighted by Gasteiger charge is 2.31. The maximum absolute atomic E-state index is 12.6. The summed E-state index contributed by atoms with van der Waals surface area (Å²) >= 11 is 0. The number of aliphatic imine (C=N–C) groups is 1. The summed E-state index contributed by atoms with van der Waals surface area (Å²) in [6.45, 7) is 4.53. The number of hydrogen-bond acceptors (Lipinski definition) is 4. The lowest BCUT2D eigenvalue weighted by atomic mass is 10.2. The molecule has 3 aliphatic rings. The Kier molecular flexibility index (Phi) is 6.52. The molecule has 7 nitrogen and oxygen atoms in total. The number of guanidine groups is 1. The third-order valence-electron chi connectivity index (χ3n) is 5.98. The van der Waals surface area contributed by atoms with Gasteiger partial charge in [0.25, 0.3) is 5.91 Å². The van der Waals surface area contributed by atoms with Gasteiger partial charge in [-0.3, -0.25) is 9.79 Å². The van der Waals surface area contributed by atoms with E-state index in [4.69, 9.17) is 14.1 Å². The molecule has 154 valence electrons. The van der Waals surface area contributed by atoms with Crippen LogP contribution in [0.1, 0.15) is 44.3 Å². The summed E-state index contributed by atoms with van der Waals surface area (Å²) in [4.78, 5) is 21.7. The molecule has 0 aromatic carbocycles. The largest absolute Gasteiger partial charge is 0.469 e. The lowest BCUT2D eigenvalue weighted by Crippen LogP contribution is -2.56. The summed E-state index contributed by atoms with van der Waals surface area (Å²) in [7, 11) is 0. The van der Waals surface area contributed by atoms with Crippen molar-refractivity contribution in [2.45, 2.75) is 57.1 Å². The van der Waals surface area contributed by atoms with Crippen LogP contribution in [0, 0.1) is 0 Å². The lowest BCUT2D eigenvalue weighted by molar-refractivity contribution is -0.142. The van der Waals surface area contributed by atoms with Crippen molar-refractivity contribution < 1.29 is 13.9 Å². The summed E-state index contributed by atoms with van der Waals surface area (Å²) in [5.41, 5.74) is 0. The number of piperazine rings is 1. The molecular weight excluding hydrogens is 356 g/mol. The minimum atomic E-state index is -0.218. The minimum absolute atomic E-state index is 0.164. The zero-order valence-electron chi connectivity index (χ0n) is 16.6. The van der Waals surface area contributed by atoms with Gasteiger partial charge in [0.15, 0.2) is 5.96 Å². The maximum Gasteiger partial charge on any atom is 0.251 e. The van der Waals surface area contributed by atoms with E-state index in [-0.39, 0.29) is 12.0 Å². The fourth-order valence-electron chi connectivity index (χ4n) is 4.33. The highest BCUT2D eigenvalue weighted by Crippen LogP contribution is 2.19. The monoisotopic (exact) mass is 388 g/mol. The summed E-state index contributed by atoms with van der Waals surface area (Å²) in [5, 5.41) is 3.68. The molecule has 1 N–H and O–H groups in total. The standard InChI is InChI=1S/C21H32N4O3/c26-20(19-8-4-16-28-19)24-11-13-25(14-12-24)21(23-17-5-1-2-6-17)22-10-9-18-7-3-15-27-18/h3,7,15,17,19H,1-2,4-6,8-14,16H2,(H,22,23). The van der Waals surface area contributed by atoms with Crippen LogP contribution >= 0.6 is 0 Å². The van der Waals surface area contributed by atoms with Gasteiger partial charge in [-0.1, -0.05) is 12.8 Å². The van der Waals surface area contributed by atoms with Gasteiger partial charge in [-0.15, -0.1) is 0 Å². The van der Waals surface area contributed by atoms with Gasteiger partial charge in [-0.2, -0.15) is 0 Å². The Morgan fingerprint density at radius 2 is 1.89 bits per heavy atom. The van der Waals surface area contributed by atoms with Crippen LogP contribution in [0.25, 0.3) is 0 Å². The number of amides is 1. The Bertz CT molecular complexity index is 641. The van der Waals surface area contributed by atoms with E-state index in [9.17, 15) is 4.79 Å². The molecule has 4 rings (SSSR count). The quantitative estimate of drug-likeness (QED) is 0.617.